The third kappa shape index (κ3) is 2.88. The fourth-order valence-corrected chi connectivity index (χ4v) is 2.66. The molecule has 0 spiro atoms. The Morgan fingerprint density at radius 1 is 1.10 bits per heavy atom. The normalized spacial score (nSPS) is 11.0. The zero-order valence-electron chi connectivity index (χ0n) is 10.9. The Morgan fingerprint density at radius 3 is 2.43 bits per heavy atom. The van der Waals surface area contributed by atoms with Crippen molar-refractivity contribution in [2.45, 2.75) is 6.42 Å². The van der Waals surface area contributed by atoms with Gasteiger partial charge in [-0.1, -0.05) is 47.6 Å². The Balaban J connectivity index is 2.25. The lowest BCUT2D eigenvalue weighted by molar-refractivity contribution is 1.07. The van der Waals surface area contributed by atoms with Crippen LogP contribution in [0.15, 0.2) is 42.6 Å². The van der Waals surface area contributed by atoms with E-state index in [0.29, 0.717) is 21.5 Å². The Morgan fingerprint density at radius 2 is 1.76 bits per heavy atom. The van der Waals surface area contributed by atoms with Gasteiger partial charge in [-0.05, 0) is 24.3 Å². The Kier molecular flexibility index (Phi) is 3.85. The van der Waals surface area contributed by atoms with E-state index < -0.39 is 0 Å². The van der Waals surface area contributed by atoms with Gasteiger partial charge in [0.15, 0.2) is 0 Å². The number of halogens is 2. The minimum Gasteiger partial charge on any atom is -0.393 e. The molecule has 1 aromatic carbocycles. The van der Waals surface area contributed by atoms with Crippen LogP contribution in [0.2, 0.25) is 10.0 Å². The topological polar surface area (TPSA) is 43.3 Å². The van der Waals surface area contributed by atoms with E-state index in [9.17, 15) is 0 Å². The maximum Gasteiger partial charge on any atom is 0.137 e. The molecule has 0 aliphatic rings. The SMILES string of the molecule is NC(=S)Cc1c(-c2ccc(Cl)cc2)nc2ccc(Cl)cn12. The molecule has 0 saturated heterocycles. The van der Waals surface area contributed by atoms with Gasteiger partial charge in [0.2, 0.25) is 0 Å². The molecule has 21 heavy (non-hydrogen) atoms. The summed E-state index contributed by atoms with van der Waals surface area (Å²) in [4.78, 5) is 5.06. The summed E-state index contributed by atoms with van der Waals surface area (Å²) in [5.74, 6) is 0. The summed E-state index contributed by atoms with van der Waals surface area (Å²) in [5.41, 5.74) is 9.24. The summed E-state index contributed by atoms with van der Waals surface area (Å²) in [6.07, 6.45) is 2.27. The molecule has 0 aliphatic heterocycles. The van der Waals surface area contributed by atoms with Crippen molar-refractivity contribution in [1.29, 1.82) is 0 Å². The van der Waals surface area contributed by atoms with Crippen LogP contribution in [0, 0.1) is 0 Å². The predicted molar refractivity (Wildman–Crippen MR) is 91.1 cm³/mol. The molecule has 2 aromatic heterocycles. The summed E-state index contributed by atoms with van der Waals surface area (Å²) in [5, 5.41) is 1.31. The lowest BCUT2D eigenvalue weighted by atomic mass is 10.1. The van der Waals surface area contributed by atoms with Crippen molar-refractivity contribution in [2.24, 2.45) is 5.73 Å². The third-order valence-corrected chi connectivity index (χ3v) is 3.76. The van der Waals surface area contributed by atoms with E-state index in [1.165, 1.54) is 0 Å². The van der Waals surface area contributed by atoms with E-state index in [1.54, 1.807) is 6.07 Å². The van der Waals surface area contributed by atoms with Crippen LogP contribution in [-0.2, 0) is 6.42 Å². The number of pyridine rings is 1. The molecule has 0 atom stereocenters. The first kappa shape index (κ1) is 14.3. The van der Waals surface area contributed by atoms with Crippen LogP contribution in [0.4, 0.5) is 0 Å². The van der Waals surface area contributed by atoms with E-state index in [1.807, 2.05) is 40.9 Å². The molecule has 0 radical (unpaired) electrons. The van der Waals surface area contributed by atoms with Gasteiger partial charge in [0.05, 0.1) is 21.4 Å². The molecule has 2 heterocycles. The number of imidazole rings is 1. The number of rotatable bonds is 3. The number of nitrogens with two attached hydrogens (primary N) is 1. The number of hydrogen-bond donors (Lipinski definition) is 1. The van der Waals surface area contributed by atoms with Crippen LogP contribution in [0.1, 0.15) is 5.69 Å². The predicted octanol–water partition coefficient (Wildman–Crippen LogP) is 4.14. The highest BCUT2D eigenvalue weighted by Gasteiger charge is 2.15. The average molecular weight is 336 g/mol. The molecule has 106 valence electrons. The molecule has 2 N–H and O–H groups in total. The zero-order valence-corrected chi connectivity index (χ0v) is 13.2. The molecule has 0 aliphatic carbocycles. The number of nitrogens with zero attached hydrogens (tertiary/aromatic N) is 2. The standard InChI is InChI=1S/C15H11Cl2N3S/c16-10-3-1-9(2-4-10)15-12(7-13(18)21)20-8-11(17)5-6-14(20)19-15/h1-6,8H,7H2,(H2,18,21). The fraction of sp³-hybridized carbons (Fsp3) is 0.0667. The molecule has 3 nitrogen and oxygen atoms in total. The maximum atomic E-state index is 6.07. The lowest BCUT2D eigenvalue weighted by Gasteiger charge is -2.05. The Bertz CT molecular complexity index is 825. The first-order chi connectivity index (χ1) is 10.0. The molecular formula is C15H11Cl2N3S. The lowest BCUT2D eigenvalue weighted by Crippen LogP contribution is -2.13. The average Bonchev–Trinajstić information content (AvgIpc) is 2.77. The summed E-state index contributed by atoms with van der Waals surface area (Å²) in [7, 11) is 0. The fourth-order valence-electron chi connectivity index (χ4n) is 2.24. The van der Waals surface area contributed by atoms with E-state index in [0.717, 1.165) is 22.6 Å². The molecule has 3 rings (SSSR count). The number of hydrogen-bond acceptors (Lipinski definition) is 2. The van der Waals surface area contributed by atoms with Crippen LogP contribution < -0.4 is 5.73 Å². The molecule has 0 unspecified atom stereocenters. The number of aromatic nitrogens is 2. The second-order valence-corrected chi connectivity index (χ2v) is 6.03. The van der Waals surface area contributed by atoms with E-state index >= 15 is 0 Å². The zero-order chi connectivity index (χ0) is 15.0. The van der Waals surface area contributed by atoms with Gasteiger partial charge in [0.1, 0.15) is 5.65 Å². The molecule has 0 bridgehead atoms. The van der Waals surface area contributed by atoms with Crippen molar-refractivity contribution >= 4 is 46.1 Å². The molecule has 3 aromatic rings. The molecular weight excluding hydrogens is 325 g/mol. The monoisotopic (exact) mass is 335 g/mol. The Labute approximate surface area is 137 Å². The van der Waals surface area contributed by atoms with E-state index in [4.69, 9.17) is 41.2 Å². The van der Waals surface area contributed by atoms with Crippen LogP contribution >= 0.6 is 35.4 Å². The maximum absolute atomic E-state index is 6.07. The van der Waals surface area contributed by atoms with E-state index in [2.05, 4.69) is 4.98 Å². The molecule has 0 amide bonds. The summed E-state index contributed by atoms with van der Waals surface area (Å²) in [6.45, 7) is 0. The van der Waals surface area contributed by atoms with Crippen molar-refractivity contribution in [3.63, 3.8) is 0 Å². The molecule has 6 heteroatoms. The third-order valence-electron chi connectivity index (χ3n) is 3.14. The van der Waals surface area contributed by atoms with Gasteiger partial charge >= 0.3 is 0 Å². The van der Waals surface area contributed by atoms with Gasteiger partial charge in [0.25, 0.3) is 0 Å². The minimum absolute atomic E-state index is 0.409. The largest absolute Gasteiger partial charge is 0.393 e. The summed E-state index contributed by atoms with van der Waals surface area (Å²) >= 11 is 17.1. The highest BCUT2D eigenvalue weighted by atomic mass is 35.5. The summed E-state index contributed by atoms with van der Waals surface area (Å²) in [6, 6.07) is 11.2. The smallest absolute Gasteiger partial charge is 0.137 e. The summed E-state index contributed by atoms with van der Waals surface area (Å²) < 4.78 is 1.92. The van der Waals surface area contributed by atoms with Gasteiger partial charge in [0, 0.05) is 23.2 Å². The van der Waals surface area contributed by atoms with Crippen LogP contribution in [0.25, 0.3) is 16.9 Å². The van der Waals surface area contributed by atoms with Gasteiger partial charge < -0.3 is 10.1 Å². The highest BCUT2D eigenvalue weighted by Crippen LogP contribution is 2.27. The second-order valence-electron chi connectivity index (χ2n) is 4.63. The Hall–Kier alpha value is -1.62. The first-order valence-corrected chi connectivity index (χ1v) is 7.42. The number of benzene rings is 1. The second kappa shape index (κ2) is 5.64. The van der Waals surface area contributed by atoms with E-state index in [-0.39, 0.29) is 0 Å². The molecule has 0 saturated carbocycles. The van der Waals surface area contributed by atoms with Crippen molar-refractivity contribution in [3.8, 4) is 11.3 Å². The van der Waals surface area contributed by atoms with Crippen molar-refractivity contribution < 1.29 is 0 Å². The van der Waals surface area contributed by atoms with Gasteiger partial charge in [-0.15, -0.1) is 0 Å². The van der Waals surface area contributed by atoms with Gasteiger partial charge in [-0.2, -0.15) is 0 Å². The number of thiocarbonyl (C=S) groups is 1. The quantitative estimate of drug-likeness (QED) is 0.731. The first-order valence-electron chi connectivity index (χ1n) is 6.25. The highest BCUT2D eigenvalue weighted by molar-refractivity contribution is 7.80. The van der Waals surface area contributed by atoms with Crippen LogP contribution in [0.5, 0.6) is 0 Å². The van der Waals surface area contributed by atoms with Crippen molar-refractivity contribution in [2.75, 3.05) is 0 Å². The molecule has 0 fully saturated rings. The minimum atomic E-state index is 0.409. The van der Waals surface area contributed by atoms with Gasteiger partial charge in [-0.25, -0.2) is 4.98 Å². The van der Waals surface area contributed by atoms with Crippen LogP contribution in [-0.4, -0.2) is 14.4 Å². The van der Waals surface area contributed by atoms with Crippen LogP contribution in [0.3, 0.4) is 0 Å². The number of fused-ring (bicyclic) bond motifs is 1. The van der Waals surface area contributed by atoms with Gasteiger partial charge in [-0.3, -0.25) is 0 Å². The van der Waals surface area contributed by atoms with Crippen molar-refractivity contribution in [1.82, 2.24) is 9.38 Å². The van der Waals surface area contributed by atoms with Crippen molar-refractivity contribution in [3.05, 3.63) is 58.3 Å².